The molecule has 0 aliphatic rings. The Hall–Kier alpha value is -2.62. The number of carbonyl (C=O) groups excluding carboxylic acids is 1. The summed E-state index contributed by atoms with van der Waals surface area (Å²) in [7, 11) is 0. The minimum absolute atomic E-state index is 0.124. The normalized spacial score (nSPS) is 12.3. The van der Waals surface area contributed by atoms with Crippen LogP contribution in [0.5, 0.6) is 0 Å². The molecule has 118 valence electrons. The SMILES string of the molecule is C[C@H](NC(=O)CCc1ccccc1F)c1cc2ccccc2o1. The molecule has 1 aromatic heterocycles. The fourth-order valence-electron chi connectivity index (χ4n) is 2.55. The van der Waals surface area contributed by atoms with Crippen molar-refractivity contribution in [1.82, 2.24) is 5.32 Å². The van der Waals surface area contributed by atoms with Crippen LogP contribution in [0.2, 0.25) is 0 Å². The molecule has 1 heterocycles. The summed E-state index contributed by atoms with van der Waals surface area (Å²) in [6.45, 7) is 1.87. The van der Waals surface area contributed by atoms with Crippen LogP contribution < -0.4 is 5.32 Å². The molecule has 0 radical (unpaired) electrons. The minimum atomic E-state index is -0.273. The second kappa shape index (κ2) is 6.65. The molecule has 0 spiro atoms. The van der Waals surface area contributed by atoms with Gasteiger partial charge >= 0.3 is 0 Å². The third-order valence-electron chi connectivity index (χ3n) is 3.83. The van der Waals surface area contributed by atoms with E-state index in [2.05, 4.69) is 5.32 Å². The lowest BCUT2D eigenvalue weighted by molar-refractivity contribution is -0.121. The zero-order valence-electron chi connectivity index (χ0n) is 12.9. The summed E-state index contributed by atoms with van der Waals surface area (Å²) in [6.07, 6.45) is 0.622. The maximum absolute atomic E-state index is 13.5. The number of furan rings is 1. The molecule has 3 nitrogen and oxygen atoms in total. The fraction of sp³-hybridized carbons (Fsp3) is 0.211. The number of benzene rings is 2. The quantitative estimate of drug-likeness (QED) is 0.759. The molecular weight excluding hydrogens is 293 g/mol. The summed E-state index contributed by atoms with van der Waals surface area (Å²) in [5.74, 6) is 0.317. The van der Waals surface area contributed by atoms with Gasteiger partial charge in [0.15, 0.2) is 0 Å². The molecule has 0 saturated carbocycles. The van der Waals surface area contributed by atoms with Gasteiger partial charge in [0, 0.05) is 11.8 Å². The summed E-state index contributed by atoms with van der Waals surface area (Å²) in [4.78, 5) is 12.1. The molecule has 0 fully saturated rings. The number of para-hydroxylation sites is 1. The molecule has 4 heteroatoms. The van der Waals surface area contributed by atoms with Crippen molar-refractivity contribution < 1.29 is 13.6 Å². The number of hydrogen-bond donors (Lipinski definition) is 1. The van der Waals surface area contributed by atoms with E-state index in [1.54, 1.807) is 18.2 Å². The highest BCUT2D eigenvalue weighted by Crippen LogP contribution is 2.23. The smallest absolute Gasteiger partial charge is 0.220 e. The standard InChI is InChI=1S/C19H18FNO2/c1-13(18-12-15-7-3-5-9-17(15)23-18)21-19(22)11-10-14-6-2-4-8-16(14)20/h2-9,12-13H,10-11H2,1H3,(H,21,22)/t13-/m0/s1. The molecule has 0 bridgehead atoms. The molecule has 1 amide bonds. The van der Waals surface area contributed by atoms with Crippen molar-refractivity contribution in [3.8, 4) is 0 Å². The monoisotopic (exact) mass is 311 g/mol. The third-order valence-corrected chi connectivity index (χ3v) is 3.83. The number of amides is 1. The van der Waals surface area contributed by atoms with Crippen LogP contribution in [0.3, 0.4) is 0 Å². The second-order valence-electron chi connectivity index (χ2n) is 5.57. The Morgan fingerprint density at radius 3 is 2.70 bits per heavy atom. The lowest BCUT2D eigenvalue weighted by Crippen LogP contribution is -2.26. The molecule has 0 unspecified atom stereocenters. The number of halogens is 1. The van der Waals surface area contributed by atoms with Gasteiger partial charge in [-0.3, -0.25) is 4.79 Å². The first-order valence-corrected chi connectivity index (χ1v) is 7.65. The Bertz CT molecular complexity index is 792. The van der Waals surface area contributed by atoms with E-state index in [0.29, 0.717) is 17.7 Å². The lowest BCUT2D eigenvalue weighted by Gasteiger charge is -2.11. The summed E-state index contributed by atoms with van der Waals surface area (Å²) in [5.41, 5.74) is 1.36. The van der Waals surface area contributed by atoms with Crippen molar-refractivity contribution in [3.63, 3.8) is 0 Å². The third kappa shape index (κ3) is 3.59. The molecule has 23 heavy (non-hydrogen) atoms. The van der Waals surface area contributed by atoms with Gasteiger partial charge in [-0.1, -0.05) is 36.4 Å². The first kappa shape index (κ1) is 15.3. The van der Waals surface area contributed by atoms with Gasteiger partial charge in [0.2, 0.25) is 5.91 Å². The fourth-order valence-corrected chi connectivity index (χ4v) is 2.55. The van der Waals surface area contributed by atoms with E-state index in [4.69, 9.17) is 4.42 Å². The average Bonchev–Trinajstić information content (AvgIpc) is 2.98. The minimum Gasteiger partial charge on any atom is -0.459 e. The van der Waals surface area contributed by atoms with Crippen LogP contribution in [0, 0.1) is 5.82 Å². The Kier molecular flexibility index (Phi) is 4.42. The summed E-state index contributed by atoms with van der Waals surface area (Å²) in [6, 6.07) is 15.9. The van der Waals surface area contributed by atoms with Gasteiger partial charge in [-0.2, -0.15) is 0 Å². The van der Waals surface area contributed by atoms with Crippen molar-refractivity contribution in [3.05, 3.63) is 71.7 Å². The van der Waals surface area contributed by atoms with Gasteiger partial charge in [-0.15, -0.1) is 0 Å². The predicted octanol–water partition coefficient (Wildman–Crippen LogP) is 4.38. The Morgan fingerprint density at radius 2 is 1.91 bits per heavy atom. The van der Waals surface area contributed by atoms with Crippen molar-refractivity contribution >= 4 is 16.9 Å². The molecule has 2 aromatic carbocycles. The summed E-state index contributed by atoms with van der Waals surface area (Å²) in [5, 5.41) is 3.90. The number of carbonyl (C=O) groups is 1. The molecular formula is C19H18FNO2. The Labute approximate surface area is 134 Å². The van der Waals surface area contributed by atoms with Crippen LogP contribution in [0.15, 0.2) is 59.0 Å². The highest BCUT2D eigenvalue weighted by molar-refractivity contribution is 5.79. The zero-order valence-corrected chi connectivity index (χ0v) is 12.9. The van der Waals surface area contributed by atoms with Crippen LogP contribution in [0.1, 0.15) is 30.7 Å². The summed E-state index contributed by atoms with van der Waals surface area (Å²) < 4.78 is 19.3. The van der Waals surface area contributed by atoms with Crippen molar-refractivity contribution in [2.45, 2.75) is 25.8 Å². The van der Waals surface area contributed by atoms with E-state index in [0.717, 1.165) is 11.0 Å². The van der Waals surface area contributed by atoms with Crippen LogP contribution in [-0.2, 0) is 11.2 Å². The number of hydrogen-bond acceptors (Lipinski definition) is 2. The summed E-state index contributed by atoms with van der Waals surface area (Å²) >= 11 is 0. The Morgan fingerprint density at radius 1 is 1.17 bits per heavy atom. The maximum Gasteiger partial charge on any atom is 0.220 e. The number of fused-ring (bicyclic) bond motifs is 1. The van der Waals surface area contributed by atoms with Gasteiger partial charge in [-0.25, -0.2) is 4.39 Å². The van der Waals surface area contributed by atoms with Gasteiger partial charge in [0.25, 0.3) is 0 Å². The molecule has 1 N–H and O–H groups in total. The van der Waals surface area contributed by atoms with E-state index in [9.17, 15) is 9.18 Å². The molecule has 0 saturated heterocycles. The largest absolute Gasteiger partial charge is 0.459 e. The molecule has 3 aromatic rings. The average molecular weight is 311 g/mol. The van der Waals surface area contributed by atoms with Gasteiger partial charge < -0.3 is 9.73 Å². The Balaban J connectivity index is 1.60. The maximum atomic E-state index is 13.5. The molecule has 0 aliphatic carbocycles. The van der Waals surface area contributed by atoms with E-state index in [-0.39, 0.29) is 24.2 Å². The first-order chi connectivity index (χ1) is 11.1. The molecule has 1 atom stereocenters. The lowest BCUT2D eigenvalue weighted by atomic mass is 10.1. The predicted molar refractivity (Wildman–Crippen MR) is 87.5 cm³/mol. The highest BCUT2D eigenvalue weighted by atomic mass is 19.1. The van der Waals surface area contributed by atoms with Gasteiger partial charge in [0.1, 0.15) is 17.2 Å². The van der Waals surface area contributed by atoms with Gasteiger partial charge in [-0.05, 0) is 37.1 Å². The first-order valence-electron chi connectivity index (χ1n) is 7.65. The van der Waals surface area contributed by atoms with E-state index in [1.165, 1.54) is 6.07 Å². The second-order valence-corrected chi connectivity index (χ2v) is 5.57. The van der Waals surface area contributed by atoms with E-state index >= 15 is 0 Å². The number of nitrogens with one attached hydrogen (secondary N) is 1. The number of aryl methyl sites for hydroxylation is 1. The van der Waals surface area contributed by atoms with E-state index < -0.39 is 0 Å². The zero-order chi connectivity index (χ0) is 16.2. The number of rotatable bonds is 5. The topological polar surface area (TPSA) is 42.2 Å². The van der Waals surface area contributed by atoms with Crippen LogP contribution in [-0.4, -0.2) is 5.91 Å². The van der Waals surface area contributed by atoms with Crippen molar-refractivity contribution in [2.75, 3.05) is 0 Å². The highest BCUT2D eigenvalue weighted by Gasteiger charge is 2.14. The van der Waals surface area contributed by atoms with Crippen LogP contribution in [0.25, 0.3) is 11.0 Å². The van der Waals surface area contributed by atoms with Gasteiger partial charge in [0.05, 0.1) is 6.04 Å². The van der Waals surface area contributed by atoms with E-state index in [1.807, 2.05) is 37.3 Å². The van der Waals surface area contributed by atoms with Crippen LogP contribution in [0.4, 0.5) is 4.39 Å². The molecule has 0 aliphatic heterocycles. The van der Waals surface area contributed by atoms with Crippen molar-refractivity contribution in [1.29, 1.82) is 0 Å². The van der Waals surface area contributed by atoms with Crippen molar-refractivity contribution in [2.24, 2.45) is 0 Å². The van der Waals surface area contributed by atoms with Crippen LogP contribution >= 0.6 is 0 Å². The molecule has 3 rings (SSSR count).